The number of hydrogen-bond donors (Lipinski definition) is 2. The van der Waals surface area contributed by atoms with E-state index in [2.05, 4.69) is 29.4 Å². The fraction of sp³-hybridized carbons (Fsp3) is 0.846. The topological polar surface area (TPSA) is 70.7 Å². The smallest absolute Gasteiger partial charge is 0.221 e. The van der Waals surface area contributed by atoms with Gasteiger partial charge in [0.1, 0.15) is 0 Å². The molecule has 0 aromatic carbocycles. The van der Waals surface area contributed by atoms with Crippen molar-refractivity contribution < 1.29 is 14.3 Å². The number of nitrogens with one attached hydrogen (secondary N) is 2. The van der Waals surface area contributed by atoms with Gasteiger partial charge in [0.05, 0.1) is 13.2 Å². The van der Waals surface area contributed by atoms with Crippen LogP contribution in [0.5, 0.6) is 0 Å². The number of carbonyl (C=O) groups is 2. The lowest BCUT2D eigenvalue weighted by molar-refractivity contribution is -0.122. The second-order valence-electron chi connectivity index (χ2n) is 5.42. The third kappa shape index (κ3) is 6.02. The Bertz CT molecular complexity index is 312. The molecule has 6 nitrogen and oxygen atoms in total. The number of morpholine rings is 1. The fourth-order valence-electron chi connectivity index (χ4n) is 2.04. The van der Waals surface area contributed by atoms with Crippen molar-refractivity contribution in [2.75, 3.05) is 39.4 Å². The summed E-state index contributed by atoms with van der Waals surface area (Å²) in [6, 6.07) is 0. The molecule has 0 aromatic heterocycles. The van der Waals surface area contributed by atoms with Gasteiger partial charge in [0.15, 0.2) is 0 Å². The summed E-state index contributed by atoms with van der Waals surface area (Å²) in [6.07, 6.45) is 0.318. The molecular weight excluding hydrogens is 246 g/mol. The van der Waals surface area contributed by atoms with Crippen molar-refractivity contribution in [1.29, 1.82) is 0 Å². The van der Waals surface area contributed by atoms with Crippen LogP contribution in [0.3, 0.4) is 0 Å². The van der Waals surface area contributed by atoms with Crippen LogP contribution in [0.2, 0.25) is 0 Å². The van der Waals surface area contributed by atoms with Crippen molar-refractivity contribution in [2.45, 2.75) is 32.7 Å². The van der Waals surface area contributed by atoms with E-state index in [-0.39, 0.29) is 17.4 Å². The van der Waals surface area contributed by atoms with Crippen molar-refractivity contribution >= 4 is 11.8 Å². The Balaban J connectivity index is 2.25. The maximum Gasteiger partial charge on any atom is 0.221 e. The van der Waals surface area contributed by atoms with Gasteiger partial charge in [-0.25, -0.2) is 0 Å². The molecule has 0 atom stereocenters. The van der Waals surface area contributed by atoms with Crippen LogP contribution in [0.15, 0.2) is 0 Å². The highest BCUT2D eigenvalue weighted by molar-refractivity contribution is 5.77. The molecule has 0 unspecified atom stereocenters. The van der Waals surface area contributed by atoms with Crippen LogP contribution in [0, 0.1) is 0 Å². The molecular formula is C13H25N3O3. The summed E-state index contributed by atoms with van der Waals surface area (Å²) >= 11 is 0. The largest absolute Gasteiger partial charge is 0.379 e. The molecule has 19 heavy (non-hydrogen) atoms. The molecule has 1 fully saturated rings. The zero-order valence-electron chi connectivity index (χ0n) is 12.1. The minimum Gasteiger partial charge on any atom is -0.379 e. The lowest BCUT2D eigenvalue weighted by atomic mass is 10.0. The lowest BCUT2D eigenvalue weighted by Gasteiger charge is -2.40. The molecule has 1 saturated heterocycles. The number of ether oxygens (including phenoxy) is 1. The Labute approximate surface area is 114 Å². The van der Waals surface area contributed by atoms with Crippen LogP contribution in [-0.4, -0.2) is 61.6 Å². The fourth-order valence-corrected chi connectivity index (χ4v) is 2.04. The van der Waals surface area contributed by atoms with Crippen molar-refractivity contribution in [3.8, 4) is 0 Å². The van der Waals surface area contributed by atoms with Gasteiger partial charge in [-0.3, -0.25) is 14.5 Å². The molecule has 110 valence electrons. The number of hydrogen-bond acceptors (Lipinski definition) is 4. The Hall–Kier alpha value is -1.14. The Morgan fingerprint density at radius 2 is 1.84 bits per heavy atom. The van der Waals surface area contributed by atoms with Gasteiger partial charge >= 0.3 is 0 Å². The molecule has 1 aliphatic rings. The number of carbonyl (C=O) groups excluding carboxylic acids is 2. The van der Waals surface area contributed by atoms with Crippen molar-refractivity contribution in [1.82, 2.24) is 15.5 Å². The molecule has 1 heterocycles. The van der Waals surface area contributed by atoms with Crippen LogP contribution >= 0.6 is 0 Å². The highest BCUT2D eigenvalue weighted by Crippen LogP contribution is 2.14. The minimum atomic E-state index is -0.110. The van der Waals surface area contributed by atoms with Gasteiger partial charge in [0.2, 0.25) is 11.8 Å². The van der Waals surface area contributed by atoms with Gasteiger partial charge < -0.3 is 15.4 Å². The van der Waals surface area contributed by atoms with E-state index < -0.39 is 0 Å². The monoisotopic (exact) mass is 271 g/mol. The Morgan fingerprint density at radius 1 is 1.21 bits per heavy atom. The van der Waals surface area contributed by atoms with E-state index in [1.165, 1.54) is 6.92 Å². The zero-order valence-corrected chi connectivity index (χ0v) is 12.1. The number of nitrogens with zero attached hydrogens (tertiary/aromatic N) is 1. The van der Waals surface area contributed by atoms with Gasteiger partial charge in [0, 0.05) is 45.1 Å². The first-order valence-corrected chi connectivity index (χ1v) is 6.76. The van der Waals surface area contributed by atoms with Crippen molar-refractivity contribution in [3.63, 3.8) is 0 Å². The van der Waals surface area contributed by atoms with Gasteiger partial charge in [-0.05, 0) is 13.8 Å². The maximum atomic E-state index is 11.6. The Kier molecular flexibility index (Phi) is 6.24. The van der Waals surface area contributed by atoms with Crippen LogP contribution < -0.4 is 10.6 Å². The number of amides is 2. The second-order valence-corrected chi connectivity index (χ2v) is 5.42. The molecule has 6 heteroatoms. The average molecular weight is 271 g/mol. The highest BCUT2D eigenvalue weighted by Gasteiger charge is 2.28. The SMILES string of the molecule is CC(=O)NCCC(=O)NCC(C)(C)N1CCOCC1. The molecule has 1 rings (SSSR count). The van der Waals surface area contributed by atoms with Crippen LogP contribution in [0.1, 0.15) is 27.2 Å². The first kappa shape index (κ1) is 15.9. The molecule has 0 spiro atoms. The molecule has 1 aliphatic heterocycles. The zero-order chi connectivity index (χ0) is 14.3. The van der Waals surface area contributed by atoms with E-state index in [1.807, 2.05) is 0 Å². The molecule has 0 saturated carbocycles. The van der Waals surface area contributed by atoms with Crippen molar-refractivity contribution in [2.24, 2.45) is 0 Å². The molecule has 0 radical (unpaired) electrons. The van der Waals surface area contributed by atoms with Gasteiger partial charge in [-0.1, -0.05) is 0 Å². The molecule has 0 aliphatic carbocycles. The molecule has 0 aromatic rings. The van der Waals surface area contributed by atoms with E-state index in [1.54, 1.807) is 0 Å². The van der Waals surface area contributed by atoms with Gasteiger partial charge in [-0.2, -0.15) is 0 Å². The van der Waals surface area contributed by atoms with Crippen LogP contribution in [0.4, 0.5) is 0 Å². The summed E-state index contributed by atoms with van der Waals surface area (Å²) in [5, 5.41) is 5.53. The summed E-state index contributed by atoms with van der Waals surface area (Å²) in [5.74, 6) is -0.142. The summed E-state index contributed by atoms with van der Waals surface area (Å²) in [5.41, 5.74) is -0.0759. The van der Waals surface area contributed by atoms with E-state index in [4.69, 9.17) is 4.74 Å². The maximum absolute atomic E-state index is 11.6. The molecule has 0 bridgehead atoms. The van der Waals surface area contributed by atoms with Crippen molar-refractivity contribution in [3.05, 3.63) is 0 Å². The standard InChI is InChI=1S/C13H25N3O3/c1-11(17)14-5-4-12(18)15-10-13(2,3)16-6-8-19-9-7-16/h4-10H2,1-3H3,(H,14,17)(H,15,18). The first-order chi connectivity index (χ1) is 8.92. The predicted molar refractivity (Wildman–Crippen MR) is 72.8 cm³/mol. The highest BCUT2D eigenvalue weighted by atomic mass is 16.5. The molecule has 2 N–H and O–H groups in total. The van der Waals surface area contributed by atoms with E-state index in [9.17, 15) is 9.59 Å². The van der Waals surface area contributed by atoms with E-state index >= 15 is 0 Å². The van der Waals surface area contributed by atoms with E-state index in [0.717, 1.165) is 26.3 Å². The third-order valence-corrected chi connectivity index (χ3v) is 3.31. The Morgan fingerprint density at radius 3 is 2.42 bits per heavy atom. The predicted octanol–water partition coefficient (Wildman–Crippen LogP) is -0.260. The second kappa shape index (κ2) is 7.45. The quantitative estimate of drug-likeness (QED) is 0.698. The van der Waals surface area contributed by atoms with Crippen LogP contribution in [0.25, 0.3) is 0 Å². The lowest BCUT2D eigenvalue weighted by Crippen LogP contribution is -2.55. The normalized spacial score (nSPS) is 17.0. The van der Waals surface area contributed by atoms with Gasteiger partial charge in [0.25, 0.3) is 0 Å². The van der Waals surface area contributed by atoms with Gasteiger partial charge in [-0.15, -0.1) is 0 Å². The summed E-state index contributed by atoms with van der Waals surface area (Å²) in [7, 11) is 0. The van der Waals surface area contributed by atoms with E-state index in [0.29, 0.717) is 19.5 Å². The number of rotatable bonds is 6. The summed E-state index contributed by atoms with van der Waals surface area (Å²) in [6.45, 7) is 9.96. The summed E-state index contributed by atoms with van der Waals surface area (Å²) < 4.78 is 5.33. The third-order valence-electron chi connectivity index (χ3n) is 3.31. The molecule has 2 amide bonds. The minimum absolute atomic E-state index is 0.0323. The van der Waals surface area contributed by atoms with Crippen LogP contribution in [-0.2, 0) is 14.3 Å². The summed E-state index contributed by atoms with van der Waals surface area (Å²) in [4.78, 5) is 24.7. The first-order valence-electron chi connectivity index (χ1n) is 6.76. The average Bonchev–Trinajstić information content (AvgIpc) is 2.37.